The van der Waals surface area contributed by atoms with Gasteiger partial charge in [-0.15, -0.1) is 0 Å². The molecule has 88 valence electrons. The lowest BCUT2D eigenvalue weighted by Gasteiger charge is -2.01. The molecule has 0 radical (unpaired) electrons. The normalized spacial score (nSPS) is 16.3. The molecule has 1 aliphatic rings. The summed E-state index contributed by atoms with van der Waals surface area (Å²) < 4.78 is 27.5. The Morgan fingerprint density at radius 3 is 2.62 bits per heavy atom. The first kappa shape index (κ1) is 11.2. The molecule has 1 aliphatic carbocycles. The van der Waals surface area contributed by atoms with Crippen LogP contribution in [0, 0.1) is 0 Å². The maximum Gasteiger partial charge on any atom is 0.265 e. The van der Waals surface area contributed by atoms with E-state index in [0.29, 0.717) is 0 Å². The van der Waals surface area contributed by atoms with Crippen molar-refractivity contribution in [1.82, 2.24) is 9.29 Å². The number of aromatic nitrogens is 1. The highest BCUT2D eigenvalue weighted by atomic mass is 32.2. The van der Waals surface area contributed by atoms with Crippen LogP contribution in [-0.4, -0.2) is 24.9 Å². The van der Waals surface area contributed by atoms with Gasteiger partial charge in [-0.05, 0) is 18.9 Å². The Bertz CT molecular complexity index is 528. The Balaban J connectivity index is 2.32. The average molecular weight is 243 g/mol. The summed E-state index contributed by atoms with van der Waals surface area (Å²) in [7, 11) is -1.93. The second-order valence-electron chi connectivity index (χ2n) is 3.93. The molecule has 16 heavy (non-hydrogen) atoms. The fourth-order valence-electron chi connectivity index (χ4n) is 1.41. The molecule has 0 unspecified atom stereocenters. The summed E-state index contributed by atoms with van der Waals surface area (Å²) in [4.78, 5) is 11.1. The minimum Gasteiger partial charge on any atom is -0.364 e. The number of hydrogen-bond acceptors (Lipinski definition) is 3. The van der Waals surface area contributed by atoms with Crippen LogP contribution in [0.15, 0.2) is 17.2 Å². The summed E-state index contributed by atoms with van der Waals surface area (Å²) in [5.41, 5.74) is 5.29. The van der Waals surface area contributed by atoms with Crippen molar-refractivity contribution in [3.8, 4) is 0 Å². The fraction of sp³-hybridized carbons (Fsp3) is 0.444. The molecule has 1 saturated carbocycles. The largest absolute Gasteiger partial charge is 0.364 e. The van der Waals surface area contributed by atoms with Crippen molar-refractivity contribution in [1.29, 1.82) is 0 Å². The van der Waals surface area contributed by atoms with Crippen molar-refractivity contribution in [2.24, 2.45) is 12.8 Å². The van der Waals surface area contributed by atoms with Crippen molar-refractivity contribution < 1.29 is 13.2 Å². The molecule has 0 saturated heterocycles. The Kier molecular flexibility index (Phi) is 2.51. The van der Waals surface area contributed by atoms with Crippen LogP contribution in [0.1, 0.15) is 23.3 Å². The highest BCUT2D eigenvalue weighted by Gasteiger charge is 2.29. The van der Waals surface area contributed by atoms with Crippen LogP contribution in [0.2, 0.25) is 0 Å². The van der Waals surface area contributed by atoms with Crippen molar-refractivity contribution in [3.05, 3.63) is 18.0 Å². The average Bonchev–Trinajstić information content (AvgIpc) is 2.84. The zero-order valence-corrected chi connectivity index (χ0v) is 9.62. The van der Waals surface area contributed by atoms with Crippen molar-refractivity contribution in [3.63, 3.8) is 0 Å². The van der Waals surface area contributed by atoms with Crippen LogP contribution >= 0.6 is 0 Å². The van der Waals surface area contributed by atoms with E-state index in [2.05, 4.69) is 4.72 Å². The summed E-state index contributed by atoms with van der Waals surface area (Å²) in [6.45, 7) is 0. The lowest BCUT2D eigenvalue weighted by atomic mass is 10.4. The first-order valence-corrected chi connectivity index (χ1v) is 6.37. The number of amides is 1. The number of sulfonamides is 1. The minimum absolute atomic E-state index is 0.0437. The maximum atomic E-state index is 11.8. The van der Waals surface area contributed by atoms with E-state index < -0.39 is 15.9 Å². The van der Waals surface area contributed by atoms with Gasteiger partial charge in [-0.2, -0.15) is 0 Å². The molecule has 2 rings (SSSR count). The number of primary amides is 1. The molecule has 1 amide bonds. The predicted molar refractivity (Wildman–Crippen MR) is 57.3 cm³/mol. The third kappa shape index (κ3) is 2.10. The van der Waals surface area contributed by atoms with E-state index in [4.69, 9.17) is 5.73 Å². The molecule has 1 heterocycles. The van der Waals surface area contributed by atoms with Gasteiger partial charge in [-0.3, -0.25) is 4.79 Å². The molecule has 1 aromatic heterocycles. The lowest BCUT2D eigenvalue weighted by molar-refractivity contribution is 0.0992. The predicted octanol–water partition coefficient (Wildman–Crippen LogP) is -0.435. The number of rotatable bonds is 4. The summed E-state index contributed by atoms with van der Waals surface area (Å²) in [6.07, 6.45) is 3.12. The molecule has 7 heteroatoms. The Morgan fingerprint density at radius 1 is 1.56 bits per heavy atom. The maximum absolute atomic E-state index is 11.8. The number of aryl methyl sites for hydroxylation is 1. The zero-order chi connectivity index (χ0) is 11.9. The smallest absolute Gasteiger partial charge is 0.265 e. The van der Waals surface area contributed by atoms with Crippen LogP contribution in [-0.2, 0) is 17.1 Å². The van der Waals surface area contributed by atoms with Gasteiger partial charge in [0.25, 0.3) is 5.91 Å². The number of nitrogens with two attached hydrogens (primary N) is 1. The second kappa shape index (κ2) is 3.60. The van der Waals surface area contributed by atoms with E-state index in [0.717, 1.165) is 12.8 Å². The van der Waals surface area contributed by atoms with Crippen LogP contribution in [0.25, 0.3) is 0 Å². The number of nitrogens with one attached hydrogen (secondary N) is 1. The molecule has 0 aliphatic heterocycles. The van der Waals surface area contributed by atoms with E-state index >= 15 is 0 Å². The minimum atomic E-state index is -3.51. The summed E-state index contributed by atoms with van der Waals surface area (Å²) in [6, 6.07) is 1.33. The highest BCUT2D eigenvalue weighted by Crippen LogP contribution is 2.22. The third-order valence-electron chi connectivity index (χ3n) is 2.44. The van der Waals surface area contributed by atoms with E-state index in [9.17, 15) is 13.2 Å². The van der Waals surface area contributed by atoms with Crippen LogP contribution in [0.5, 0.6) is 0 Å². The van der Waals surface area contributed by atoms with E-state index in [1.165, 1.54) is 16.8 Å². The van der Waals surface area contributed by atoms with Crippen molar-refractivity contribution in [2.45, 2.75) is 23.8 Å². The topological polar surface area (TPSA) is 94.2 Å². The standard InChI is InChI=1S/C9H13N3O3S/c1-12-5-7(4-8(12)9(10)13)16(14,15)11-6-2-3-6/h4-6,11H,2-3H2,1H3,(H2,10,13). The fourth-order valence-corrected chi connectivity index (χ4v) is 2.79. The highest BCUT2D eigenvalue weighted by molar-refractivity contribution is 7.89. The molecule has 1 aromatic rings. The van der Waals surface area contributed by atoms with Crippen LogP contribution < -0.4 is 10.5 Å². The number of carbonyl (C=O) groups is 1. The lowest BCUT2D eigenvalue weighted by Crippen LogP contribution is -2.25. The summed E-state index contributed by atoms with van der Waals surface area (Å²) >= 11 is 0. The number of hydrogen-bond donors (Lipinski definition) is 2. The van der Waals surface area contributed by atoms with Gasteiger partial charge in [-0.25, -0.2) is 13.1 Å². The third-order valence-corrected chi connectivity index (χ3v) is 3.93. The molecule has 0 spiro atoms. The van der Waals surface area contributed by atoms with Gasteiger partial charge in [0.2, 0.25) is 10.0 Å². The van der Waals surface area contributed by atoms with Gasteiger partial charge in [-0.1, -0.05) is 0 Å². The van der Waals surface area contributed by atoms with Gasteiger partial charge in [0.15, 0.2) is 0 Å². The molecule has 0 atom stereocenters. The van der Waals surface area contributed by atoms with Crippen molar-refractivity contribution in [2.75, 3.05) is 0 Å². The molecule has 0 bridgehead atoms. The van der Waals surface area contributed by atoms with Gasteiger partial charge < -0.3 is 10.3 Å². The van der Waals surface area contributed by atoms with Gasteiger partial charge in [0, 0.05) is 19.3 Å². The van der Waals surface area contributed by atoms with Gasteiger partial charge in [0.1, 0.15) is 10.6 Å². The SMILES string of the molecule is Cn1cc(S(=O)(=O)NC2CC2)cc1C(N)=O. The van der Waals surface area contributed by atoms with Crippen LogP contribution in [0.3, 0.4) is 0 Å². The number of nitrogens with zero attached hydrogens (tertiary/aromatic N) is 1. The monoisotopic (exact) mass is 243 g/mol. The molecule has 3 N–H and O–H groups in total. The first-order chi connectivity index (χ1) is 7.40. The quantitative estimate of drug-likeness (QED) is 0.751. The Hall–Kier alpha value is -1.34. The van der Waals surface area contributed by atoms with Crippen LogP contribution in [0.4, 0.5) is 0 Å². The summed E-state index contributed by atoms with van der Waals surface area (Å²) in [5, 5.41) is 0. The van der Waals surface area contributed by atoms with Gasteiger partial charge >= 0.3 is 0 Å². The van der Waals surface area contributed by atoms with E-state index in [1.54, 1.807) is 7.05 Å². The van der Waals surface area contributed by atoms with Crippen molar-refractivity contribution >= 4 is 15.9 Å². The Labute approximate surface area is 93.5 Å². The summed E-state index contributed by atoms with van der Waals surface area (Å²) in [5.74, 6) is -0.643. The first-order valence-electron chi connectivity index (χ1n) is 4.88. The van der Waals surface area contributed by atoms with Gasteiger partial charge in [0.05, 0.1) is 0 Å². The van der Waals surface area contributed by atoms with E-state index in [-0.39, 0.29) is 16.6 Å². The number of carbonyl (C=O) groups excluding carboxylic acids is 1. The molecule has 1 fully saturated rings. The molecular formula is C9H13N3O3S. The molecular weight excluding hydrogens is 230 g/mol. The molecule has 0 aromatic carbocycles. The zero-order valence-electron chi connectivity index (χ0n) is 8.80. The van der Waals surface area contributed by atoms with E-state index in [1.807, 2.05) is 0 Å². The second-order valence-corrected chi connectivity index (χ2v) is 5.65. The molecule has 6 nitrogen and oxygen atoms in total. The Morgan fingerprint density at radius 2 is 2.19 bits per heavy atom.